The van der Waals surface area contributed by atoms with Crippen LogP contribution in [0, 0.1) is 0 Å². The van der Waals surface area contributed by atoms with Crippen molar-refractivity contribution < 1.29 is 37.3 Å². The van der Waals surface area contributed by atoms with E-state index in [2.05, 4.69) is 80.8 Å². The van der Waals surface area contributed by atoms with Crippen molar-refractivity contribution in [2.45, 2.75) is 392 Å². The van der Waals surface area contributed by atoms with E-state index in [1.807, 2.05) is 27.2 Å². The Hall–Kier alpha value is -2.29. The van der Waals surface area contributed by atoms with Crippen LogP contribution in [-0.2, 0) is 27.9 Å². The second-order valence-corrected chi connectivity index (χ2v) is 29.0. The van der Waals surface area contributed by atoms with Crippen molar-refractivity contribution in [2.24, 2.45) is 0 Å². The summed E-state index contributed by atoms with van der Waals surface area (Å²) >= 11 is 0. The summed E-state index contributed by atoms with van der Waals surface area (Å²) in [5.41, 5.74) is 0. The van der Waals surface area contributed by atoms with E-state index >= 15 is 0 Å². The predicted molar refractivity (Wildman–Crippen MR) is 388 cm³/mol. The molecule has 0 spiro atoms. The molecule has 2 N–H and O–H groups in total. The number of nitrogens with zero attached hydrogens (tertiary/aromatic N) is 1. The van der Waals surface area contributed by atoms with Gasteiger partial charge in [0, 0.05) is 12.8 Å². The van der Waals surface area contributed by atoms with Crippen LogP contribution in [0.4, 0.5) is 0 Å². The molecule has 89 heavy (non-hydrogen) atoms. The molecule has 0 fully saturated rings. The molecule has 3 unspecified atom stereocenters. The van der Waals surface area contributed by atoms with Crippen molar-refractivity contribution in [3.63, 3.8) is 0 Å². The van der Waals surface area contributed by atoms with Crippen molar-refractivity contribution in [3.8, 4) is 0 Å². The number of carbonyl (C=O) groups excluding carboxylic acids is 2. The van der Waals surface area contributed by atoms with E-state index in [1.165, 1.54) is 276 Å². The van der Waals surface area contributed by atoms with Crippen LogP contribution >= 0.6 is 7.82 Å². The maximum atomic E-state index is 13.7. The normalized spacial score (nSPS) is 13.7. The van der Waals surface area contributed by atoms with E-state index in [4.69, 9.17) is 13.8 Å². The van der Waals surface area contributed by atoms with Gasteiger partial charge in [0.2, 0.25) is 5.91 Å². The summed E-state index contributed by atoms with van der Waals surface area (Å²) in [4.78, 5) is 38.0. The van der Waals surface area contributed by atoms with Crippen LogP contribution in [0.3, 0.4) is 0 Å². The molecular formula is C79H150N2O7P+. The third kappa shape index (κ3) is 69.9. The lowest BCUT2D eigenvalue weighted by Crippen LogP contribution is -2.47. The van der Waals surface area contributed by atoms with E-state index in [1.54, 1.807) is 0 Å². The molecule has 0 radical (unpaired) electrons. The molecule has 10 heteroatoms. The monoisotopic (exact) mass is 1270 g/mol. The predicted octanol–water partition coefficient (Wildman–Crippen LogP) is 24.9. The molecule has 0 saturated carbocycles. The Labute approximate surface area is 553 Å². The van der Waals surface area contributed by atoms with Gasteiger partial charge in [-0.2, -0.15) is 0 Å². The molecule has 0 heterocycles. The van der Waals surface area contributed by atoms with Crippen LogP contribution in [0.1, 0.15) is 380 Å². The lowest BCUT2D eigenvalue weighted by molar-refractivity contribution is -0.870. The number of hydrogen-bond donors (Lipinski definition) is 2. The lowest BCUT2D eigenvalue weighted by atomic mass is 10.0. The van der Waals surface area contributed by atoms with Crippen LogP contribution in [-0.4, -0.2) is 74.3 Å². The quantitative estimate of drug-likeness (QED) is 0.0205. The Morgan fingerprint density at radius 2 is 0.685 bits per heavy atom. The van der Waals surface area contributed by atoms with E-state index in [0.29, 0.717) is 23.9 Å². The number of allylic oxidation sites excluding steroid dienone is 9. The van der Waals surface area contributed by atoms with Gasteiger partial charge in [-0.1, -0.05) is 332 Å². The van der Waals surface area contributed by atoms with Gasteiger partial charge in [0.1, 0.15) is 19.3 Å². The SMILES string of the molecule is CCCCC/C=C\C/C=C\C/C=C\CCCCCCCCCCCCCCC(=O)NC(COP(=O)(O)OCC[N+](C)(C)C)C(/C=C/CCCCCCCCCCCCC)OC(=O)CCCCCCCCCCCCCCCCC/C=C/CCCCCCCC. The van der Waals surface area contributed by atoms with Crippen molar-refractivity contribution in [2.75, 3.05) is 40.9 Å². The fourth-order valence-corrected chi connectivity index (χ4v) is 12.2. The number of ether oxygens (including phenoxy) is 1. The van der Waals surface area contributed by atoms with Gasteiger partial charge in [-0.3, -0.25) is 18.6 Å². The Morgan fingerprint density at radius 3 is 1.06 bits per heavy atom. The fourth-order valence-electron chi connectivity index (χ4n) is 11.5. The molecule has 0 aromatic carbocycles. The van der Waals surface area contributed by atoms with Crippen molar-refractivity contribution in [1.29, 1.82) is 0 Å². The summed E-state index contributed by atoms with van der Waals surface area (Å²) in [5, 5.41) is 3.08. The van der Waals surface area contributed by atoms with E-state index in [9.17, 15) is 19.0 Å². The lowest BCUT2D eigenvalue weighted by Gasteiger charge is -2.27. The first-order valence-electron chi connectivity index (χ1n) is 38.6. The average Bonchev–Trinajstić information content (AvgIpc) is 3.67. The van der Waals surface area contributed by atoms with Gasteiger partial charge in [0.05, 0.1) is 33.8 Å². The topological polar surface area (TPSA) is 111 Å². The third-order valence-corrected chi connectivity index (χ3v) is 18.4. The van der Waals surface area contributed by atoms with Crippen LogP contribution in [0.5, 0.6) is 0 Å². The third-order valence-electron chi connectivity index (χ3n) is 17.4. The molecule has 0 aliphatic heterocycles. The number of phosphoric ester groups is 1. The highest BCUT2D eigenvalue weighted by Gasteiger charge is 2.30. The minimum Gasteiger partial charge on any atom is -0.456 e. The van der Waals surface area contributed by atoms with Crippen LogP contribution < -0.4 is 5.32 Å². The summed E-state index contributed by atoms with van der Waals surface area (Å²) < 4.78 is 30.9. The largest absolute Gasteiger partial charge is 0.472 e. The summed E-state index contributed by atoms with van der Waals surface area (Å²) in [5.74, 6) is -0.489. The van der Waals surface area contributed by atoms with Crippen molar-refractivity contribution in [1.82, 2.24) is 5.32 Å². The first-order valence-corrected chi connectivity index (χ1v) is 40.1. The van der Waals surface area contributed by atoms with Crippen LogP contribution in [0.15, 0.2) is 60.8 Å². The van der Waals surface area contributed by atoms with Gasteiger partial charge in [0.15, 0.2) is 0 Å². The Morgan fingerprint density at radius 1 is 0.393 bits per heavy atom. The zero-order valence-corrected chi connectivity index (χ0v) is 60.8. The number of carbonyl (C=O) groups is 2. The number of amides is 1. The minimum atomic E-state index is -4.46. The number of phosphoric acid groups is 1. The van der Waals surface area contributed by atoms with Gasteiger partial charge >= 0.3 is 13.8 Å². The van der Waals surface area contributed by atoms with Gasteiger partial charge in [-0.15, -0.1) is 0 Å². The van der Waals surface area contributed by atoms with Crippen molar-refractivity contribution >= 4 is 19.7 Å². The molecule has 9 nitrogen and oxygen atoms in total. The smallest absolute Gasteiger partial charge is 0.456 e. The number of unbranched alkanes of at least 4 members (excludes halogenated alkanes) is 47. The van der Waals surface area contributed by atoms with Crippen LogP contribution in [0.2, 0.25) is 0 Å². The number of likely N-dealkylation sites (N-methyl/N-ethyl adjacent to an activating group) is 1. The fraction of sp³-hybridized carbons (Fsp3) is 0.848. The first-order chi connectivity index (χ1) is 43.4. The summed E-state index contributed by atoms with van der Waals surface area (Å²) in [6, 6.07) is -0.851. The maximum absolute atomic E-state index is 13.7. The average molecular weight is 1270 g/mol. The highest BCUT2D eigenvalue weighted by Crippen LogP contribution is 2.43. The second kappa shape index (κ2) is 68.6. The molecular weight excluding hydrogens is 1120 g/mol. The molecule has 0 aliphatic carbocycles. The molecule has 522 valence electrons. The standard InChI is InChI=1S/C79H149N2O7P/c1-7-10-13-16-19-22-25-28-30-32-34-36-38-40-42-44-46-48-50-53-56-59-62-65-68-71-78(82)80-76(75-87-89(84,85)86-74-73-81(4,5)6)77(70-67-64-61-58-55-52-27-24-21-18-15-12-9-3)88-79(83)72-69-66-63-60-57-54-51-49-47-45-43-41-39-37-35-33-31-29-26-23-20-17-14-11-8-2/h19,22,28-31,34,36,67,70,76-77H,7-18,20-21,23-27,32-33,35,37-66,68-69,71-75H2,1-6H3,(H-,80,82,84,85)/p+1/b22-19-,30-28-,31-29+,36-34-,70-67+. The number of hydrogen-bond acceptors (Lipinski definition) is 6. The Bertz CT molecular complexity index is 1700. The molecule has 0 rings (SSSR count). The van der Waals surface area contributed by atoms with Crippen LogP contribution in [0.25, 0.3) is 0 Å². The molecule has 0 aromatic heterocycles. The summed E-state index contributed by atoms with van der Waals surface area (Å²) in [6.45, 7) is 7.04. The highest BCUT2D eigenvalue weighted by atomic mass is 31.2. The molecule has 0 saturated heterocycles. The Kier molecular flexibility index (Phi) is 66.8. The zero-order valence-electron chi connectivity index (χ0n) is 59.9. The maximum Gasteiger partial charge on any atom is 0.472 e. The number of rotatable bonds is 71. The summed E-state index contributed by atoms with van der Waals surface area (Å²) in [7, 11) is 1.51. The first kappa shape index (κ1) is 86.7. The van der Waals surface area contributed by atoms with E-state index < -0.39 is 20.0 Å². The second-order valence-electron chi connectivity index (χ2n) is 27.5. The Balaban J connectivity index is 5.00. The van der Waals surface area contributed by atoms with E-state index in [-0.39, 0.29) is 25.1 Å². The number of esters is 1. The van der Waals surface area contributed by atoms with Gasteiger partial charge in [-0.25, -0.2) is 4.57 Å². The number of nitrogens with one attached hydrogen (secondary N) is 1. The molecule has 0 bridgehead atoms. The van der Waals surface area contributed by atoms with E-state index in [0.717, 1.165) is 70.6 Å². The molecule has 0 aromatic rings. The zero-order chi connectivity index (χ0) is 64.9. The summed E-state index contributed by atoms with van der Waals surface area (Å²) in [6.07, 6.45) is 89.6. The molecule has 1 amide bonds. The minimum absolute atomic E-state index is 0.0407. The number of quaternary nitrogens is 1. The van der Waals surface area contributed by atoms with Gasteiger partial charge in [0.25, 0.3) is 0 Å². The van der Waals surface area contributed by atoms with Crippen molar-refractivity contribution in [3.05, 3.63) is 60.8 Å². The molecule has 3 atom stereocenters. The molecule has 0 aliphatic rings. The van der Waals surface area contributed by atoms with Gasteiger partial charge in [-0.05, 0) is 96.0 Å². The van der Waals surface area contributed by atoms with Gasteiger partial charge < -0.3 is 19.4 Å². The highest BCUT2D eigenvalue weighted by molar-refractivity contribution is 7.47.